The molecule has 0 aliphatic carbocycles. The molecule has 33 heavy (non-hydrogen) atoms. The molecule has 1 aliphatic heterocycles. The van der Waals surface area contributed by atoms with Crippen molar-refractivity contribution < 1.29 is 27.3 Å². The molecule has 3 aromatic rings. The predicted octanol–water partition coefficient (Wildman–Crippen LogP) is 1.47. The number of aryl methyl sites for hydroxylation is 1. The lowest BCUT2D eigenvalue weighted by atomic mass is 10.2. The first kappa shape index (κ1) is 22.6. The minimum absolute atomic E-state index is 0.0174. The minimum atomic E-state index is -3.77. The zero-order valence-corrected chi connectivity index (χ0v) is 18.3. The number of sulfonamides is 1. The highest BCUT2D eigenvalue weighted by atomic mass is 32.2. The maximum atomic E-state index is 13.0. The third-order valence-corrected chi connectivity index (χ3v) is 7.26. The fraction of sp³-hybridized carbons (Fsp3) is 0.300. The molecule has 174 valence electrons. The highest BCUT2D eigenvalue weighted by molar-refractivity contribution is 7.89. The van der Waals surface area contributed by atoms with E-state index in [0.717, 1.165) is 10.6 Å². The van der Waals surface area contributed by atoms with Crippen LogP contribution in [0.15, 0.2) is 50.5 Å². The number of carbonyl (C=O) groups excluding carboxylic acids is 1. The van der Waals surface area contributed by atoms with Crippen molar-refractivity contribution in [3.63, 3.8) is 0 Å². The van der Waals surface area contributed by atoms with Gasteiger partial charge in [-0.05, 0) is 30.7 Å². The largest absolute Gasteiger partial charge is 0.420 e. The van der Waals surface area contributed by atoms with E-state index < -0.39 is 33.2 Å². The summed E-state index contributed by atoms with van der Waals surface area (Å²) in [5, 5.41) is 13.5. The minimum Gasteiger partial charge on any atom is -0.407 e. The molecule has 0 bridgehead atoms. The Morgan fingerprint density at radius 3 is 2.61 bits per heavy atom. The van der Waals surface area contributed by atoms with Gasteiger partial charge in [-0.15, -0.1) is 0 Å². The quantitative estimate of drug-likeness (QED) is 0.414. The SMILES string of the molecule is Cc1ccc(NC(=O)Cn2c(=O)oc3cc([N+](=O)[O-])ccc32)cc1S(=O)(=O)N1CCOCC1. The number of nitrogens with one attached hydrogen (secondary N) is 1. The smallest absolute Gasteiger partial charge is 0.407 e. The van der Waals surface area contributed by atoms with Gasteiger partial charge in [0.05, 0.1) is 34.6 Å². The number of ether oxygens (including phenoxy) is 1. The number of nitro benzene ring substituents is 1. The molecular weight excluding hydrogens is 456 g/mol. The number of benzene rings is 2. The van der Waals surface area contributed by atoms with Gasteiger partial charge in [0.25, 0.3) is 5.69 Å². The molecule has 4 rings (SSSR count). The van der Waals surface area contributed by atoms with Crippen molar-refractivity contribution in [1.29, 1.82) is 0 Å². The molecule has 2 aromatic carbocycles. The van der Waals surface area contributed by atoms with E-state index in [0.29, 0.717) is 18.8 Å². The van der Waals surface area contributed by atoms with Gasteiger partial charge in [0, 0.05) is 24.8 Å². The summed E-state index contributed by atoms with van der Waals surface area (Å²) in [5.41, 5.74) is 0.727. The van der Waals surface area contributed by atoms with E-state index in [4.69, 9.17) is 9.15 Å². The number of hydrogen-bond acceptors (Lipinski definition) is 8. The van der Waals surface area contributed by atoms with Crippen molar-refractivity contribution >= 4 is 38.4 Å². The van der Waals surface area contributed by atoms with Gasteiger partial charge in [0.15, 0.2) is 5.58 Å². The van der Waals surface area contributed by atoms with Crippen LogP contribution in [0.5, 0.6) is 0 Å². The number of non-ortho nitro benzene ring substituents is 1. The van der Waals surface area contributed by atoms with Crippen LogP contribution in [0.2, 0.25) is 0 Å². The van der Waals surface area contributed by atoms with Crippen LogP contribution < -0.4 is 11.1 Å². The van der Waals surface area contributed by atoms with E-state index >= 15 is 0 Å². The molecule has 1 amide bonds. The van der Waals surface area contributed by atoms with Gasteiger partial charge in [0.2, 0.25) is 15.9 Å². The number of anilines is 1. The lowest BCUT2D eigenvalue weighted by Gasteiger charge is -2.26. The number of rotatable bonds is 6. The fourth-order valence-corrected chi connectivity index (χ4v) is 5.20. The van der Waals surface area contributed by atoms with Crippen molar-refractivity contribution in [3.8, 4) is 0 Å². The molecule has 12 nitrogen and oxygen atoms in total. The standard InChI is InChI=1S/C20H20N4O8S/c1-13-2-3-14(10-18(13)33(29,30)22-6-8-31-9-7-22)21-19(25)12-23-16-5-4-15(24(27)28)11-17(16)32-20(23)26/h2-5,10-11H,6-9,12H2,1H3,(H,21,25). The summed E-state index contributed by atoms with van der Waals surface area (Å²) in [6, 6.07) is 8.15. The Labute approximate surface area is 187 Å². The molecule has 0 radical (unpaired) electrons. The van der Waals surface area contributed by atoms with Gasteiger partial charge in [0.1, 0.15) is 6.54 Å². The lowest BCUT2D eigenvalue weighted by molar-refractivity contribution is -0.384. The number of hydrogen-bond donors (Lipinski definition) is 1. The number of nitro groups is 1. The van der Waals surface area contributed by atoms with E-state index in [2.05, 4.69) is 5.32 Å². The van der Waals surface area contributed by atoms with Crippen LogP contribution >= 0.6 is 0 Å². The predicted molar refractivity (Wildman–Crippen MR) is 117 cm³/mol. The number of amides is 1. The number of carbonyl (C=O) groups is 1. The molecule has 13 heteroatoms. The topological polar surface area (TPSA) is 154 Å². The highest BCUT2D eigenvalue weighted by Crippen LogP contribution is 2.25. The maximum Gasteiger partial charge on any atom is 0.420 e. The summed E-state index contributed by atoms with van der Waals surface area (Å²) < 4.78 is 38.6. The van der Waals surface area contributed by atoms with Crippen LogP contribution in [0.4, 0.5) is 11.4 Å². The van der Waals surface area contributed by atoms with E-state index in [-0.39, 0.29) is 40.5 Å². The molecule has 0 spiro atoms. The molecule has 1 fully saturated rings. The molecule has 0 unspecified atom stereocenters. The number of nitrogens with zero attached hydrogens (tertiary/aromatic N) is 3. The summed E-state index contributed by atoms with van der Waals surface area (Å²) in [4.78, 5) is 35.1. The second-order valence-corrected chi connectivity index (χ2v) is 9.31. The molecule has 0 atom stereocenters. The Morgan fingerprint density at radius 2 is 1.91 bits per heavy atom. The third kappa shape index (κ3) is 4.51. The van der Waals surface area contributed by atoms with Gasteiger partial charge < -0.3 is 14.5 Å². The Morgan fingerprint density at radius 1 is 1.18 bits per heavy atom. The highest BCUT2D eigenvalue weighted by Gasteiger charge is 2.28. The van der Waals surface area contributed by atoms with Crippen LogP contribution in [-0.2, 0) is 26.1 Å². The summed E-state index contributed by atoms with van der Waals surface area (Å²) >= 11 is 0. The molecular formula is C20H20N4O8S. The van der Waals surface area contributed by atoms with Gasteiger partial charge >= 0.3 is 5.76 Å². The normalized spacial score (nSPS) is 14.9. The van der Waals surface area contributed by atoms with E-state index in [1.165, 1.54) is 22.5 Å². The van der Waals surface area contributed by atoms with Crippen molar-refractivity contribution in [3.05, 3.63) is 62.6 Å². The molecule has 1 N–H and O–H groups in total. The fourth-order valence-electron chi connectivity index (χ4n) is 3.54. The van der Waals surface area contributed by atoms with Crippen LogP contribution in [0, 0.1) is 17.0 Å². The average molecular weight is 476 g/mol. The molecule has 1 aromatic heterocycles. The van der Waals surface area contributed by atoms with Crippen molar-refractivity contribution in [2.75, 3.05) is 31.6 Å². The summed E-state index contributed by atoms with van der Waals surface area (Å²) in [7, 11) is -3.77. The molecule has 0 saturated carbocycles. The third-order valence-electron chi connectivity index (χ3n) is 5.22. The van der Waals surface area contributed by atoms with Crippen LogP contribution in [0.25, 0.3) is 11.1 Å². The van der Waals surface area contributed by atoms with Gasteiger partial charge in [-0.3, -0.25) is 19.5 Å². The van der Waals surface area contributed by atoms with Crippen LogP contribution in [-0.4, -0.2) is 54.4 Å². The van der Waals surface area contributed by atoms with Gasteiger partial charge in [-0.1, -0.05) is 6.07 Å². The Kier molecular flexibility index (Phi) is 6.01. The van der Waals surface area contributed by atoms with Crippen LogP contribution in [0.3, 0.4) is 0 Å². The van der Waals surface area contributed by atoms with Crippen molar-refractivity contribution in [1.82, 2.24) is 8.87 Å². The van der Waals surface area contributed by atoms with Crippen LogP contribution in [0.1, 0.15) is 5.56 Å². The Balaban J connectivity index is 1.56. The molecule has 1 saturated heterocycles. The molecule has 2 heterocycles. The van der Waals surface area contributed by atoms with E-state index in [9.17, 15) is 28.1 Å². The van der Waals surface area contributed by atoms with E-state index in [1.807, 2.05) is 0 Å². The Bertz CT molecular complexity index is 1400. The summed E-state index contributed by atoms with van der Waals surface area (Å²) in [6.45, 7) is 2.34. The van der Waals surface area contributed by atoms with Gasteiger partial charge in [-0.2, -0.15) is 4.31 Å². The zero-order valence-electron chi connectivity index (χ0n) is 17.5. The van der Waals surface area contributed by atoms with Gasteiger partial charge in [-0.25, -0.2) is 13.2 Å². The first-order valence-electron chi connectivity index (χ1n) is 9.93. The Hall–Kier alpha value is -3.55. The first-order valence-corrected chi connectivity index (χ1v) is 11.4. The molecule has 1 aliphatic rings. The van der Waals surface area contributed by atoms with E-state index in [1.54, 1.807) is 19.1 Å². The first-order chi connectivity index (χ1) is 15.7. The maximum absolute atomic E-state index is 13.0. The number of oxazole rings is 1. The average Bonchev–Trinajstić information content (AvgIpc) is 3.09. The number of morpholine rings is 1. The van der Waals surface area contributed by atoms with Crippen molar-refractivity contribution in [2.45, 2.75) is 18.4 Å². The number of aromatic nitrogens is 1. The van der Waals surface area contributed by atoms with Crippen molar-refractivity contribution in [2.24, 2.45) is 0 Å². The monoisotopic (exact) mass is 476 g/mol. The summed E-state index contributed by atoms with van der Waals surface area (Å²) in [6.07, 6.45) is 0. The lowest BCUT2D eigenvalue weighted by Crippen LogP contribution is -2.40. The zero-order chi connectivity index (χ0) is 23.8. The second kappa shape index (κ2) is 8.77. The second-order valence-electron chi connectivity index (χ2n) is 7.41. The summed E-state index contributed by atoms with van der Waals surface area (Å²) in [5.74, 6) is -1.45. The number of fused-ring (bicyclic) bond motifs is 1.